The van der Waals surface area contributed by atoms with Crippen LogP contribution in [-0.4, -0.2) is 61.0 Å². The highest BCUT2D eigenvalue weighted by atomic mass is 16.5. The molecule has 0 aromatic heterocycles. The van der Waals surface area contributed by atoms with Crippen LogP contribution in [-0.2, 0) is 14.3 Å². The first kappa shape index (κ1) is 17.5. The quantitative estimate of drug-likeness (QED) is 0.725. The van der Waals surface area contributed by atoms with Gasteiger partial charge in [-0.1, -0.05) is 26.0 Å². The number of hydrogen-bond donors (Lipinski definition) is 0. The predicted octanol–water partition coefficient (Wildman–Crippen LogP) is 1.93. The van der Waals surface area contributed by atoms with E-state index in [-0.39, 0.29) is 23.7 Å². The molecule has 0 saturated carbocycles. The summed E-state index contributed by atoms with van der Waals surface area (Å²) >= 11 is 0. The van der Waals surface area contributed by atoms with Gasteiger partial charge in [-0.05, 0) is 31.1 Å². The number of rotatable bonds is 2. The van der Waals surface area contributed by atoms with E-state index < -0.39 is 0 Å². The minimum atomic E-state index is -0.199. The third-order valence-corrected chi connectivity index (χ3v) is 6.04. The predicted molar refractivity (Wildman–Crippen MR) is 92.3 cm³/mol. The molecule has 2 heterocycles. The average molecular weight is 334 g/mol. The molecule has 5 heteroatoms. The lowest BCUT2D eigenvalue weighted by molar-refractivity contribution is -0.150. The molecule has 3 rings (SSSR count). The van der Waals surface area contributed by atoms with Crippen molar-refractivity contribution < 1.29 is 14.3 Å². The van der Waals surface area contributed by atoms with E-state index in [0.717, 1.165) is 19.5 Å². The van der Waals surface area contributed by atoms with Crippen LogP contribution in [0.25, 0.3) is 0 Å². The number of hydrogen-bond acceptors (Lipinski definition) is 3. The summed E-state index contributed by atoms with van der Waals surface area (Å²) < 4.78 is 5.35. The van der Waals surface area contributed by atoms with Crippen LogP contribution >= 0.6 is 0 Å². The second-order valence-electron chi connectivity index (χ2n) is 7.62. The molecule has 4 atom stereocenters. The zero-order chi connectivity index (χ0) is 17.1. The Hall–Kier alpha value is -1.36. The fraction of sp³-hybridized carbons (Fsp3) is 0.789. The highest BCUT2D eigenvalue weighted by Crippen LogP contribution is 2.32. The lowest BCUT2D eigenvalue weighted by Gasteiger charge is -2.40. The standard InChI is InChI=1S/C19H30N2O3/c1-14-7-8-21(13-15(14)2)19(23)17-6-4-3-5-16(17)18(22)20-9-11-24-12-10-20/h3-4,14-17H,5-13H2,1-2H3. The highest BCUT2D eigenvalue weighted by Gasteiger charge is 2.39. The third kappa shape index (κ3) is 3.66. The fourth-order valence-corrected chi connectivity index (χ4v) is 4.08. The van der Waals surface area contributed by atoms with Crippen molar-refractivity contribution in [2.75, 3.05) is 39.4 Å². The normalized spacial score (nSPS) is 34.2. The molecule has 0 bridgehead atoms. The van der Waals surface area contributed by atoms with Crippen LogP contribution in [0.1, 0.15) is 33.1 Å². The molecule has 2 fully saturated rings. The van der Waals surface area contributed by atoms with E-state index in [4.69, 9.17) is 4.74 Å². The monoisotopic (exact) mass is 334 g/mol. The molecule has 0 aromatic carbocycles. The Morgan fingerprint density at radius 3 is 2.04 bits per heavy atom. The summed E-state index contributed by atoms with van der Waals surface area (Å²) in [4.78, 5) is 29.9. The Labute approximate surface area is 145 Å². The van der Waals surface area contributed by atoms with Crippen molar-refractivity contribution in [2.24, 2.45) is 23.7 Å². The van der Waals surface area contributed by atoms with E-state index in [1.54, 1.807) is 0 Å². The van der Waals surface area contributed by atoms with E-state index in [1.165, 1.54) is 0 Å². The maximum atomic E-state index is 13.1. The van der Waals surface area contributed by atoms with Crippen molar-refractivity contribution in [1.82, 2.24) is 9.80 Å². The van der Waals surface area contributed by atoms with Crippen molar-refractivity contribution in [3.8, 4) is 0 Å². The minimum Gasteiger partial charge on any atom is -0.378 e. The van der Waals surface area contributed by atoms with Crippen molar-refractivity contribution >= 4 is 11.8 Å². The zero-order valence-electron chi connectivity index (χ0n) is 14.9. The number of morpholine rings is 1. The topological polar surface area (TPSA) is 49.9 Å². The van der Waals surface area contributed by atoms with Gasteiger partial charge in [0, 0.05) is 26.2 Å². The van der Waals surface area contributed by atoms with E-state index in [0.29, 0.717) is 51.0 Å². The number of likely N-dealkylation sites (tertiary alicyclic amines) is 1. The Morgan fingerprint density at radius 1 is 0.875 bits per heavy atom. The molecule has 1 aliphatic carbocycles. The molecule has 2 amide bonds. The van der Waals surface area contributed by atoms with Gasteiger partial charge in [0.15, 0.2) is 0 Å². The van der Waals surface area contributed by atoms with Gasteiger partial charge in [-0.25, -0.2) is 0 Å². The van der Waals surface area contributed by atoms with Crippen molar-refractivity contribution in [3.05, 3.63) is 12.2 Å². The summed E-state index contributed by atoms with van der Waals surface area (Å²) in [7, 11) is 0. The third-order valence-electron chi connectivity index (χ3n) is 6.04. The molecule has 0 spiro atoms. The Balaban J connectivity index is 1.68. The minimum absolute atomic E-state index is 0.138. The molecule has 5 nitrogen and oxygen atoms in total. The summed E-state index contributed by atoms with van der Waals surface area (Å²) in [6.45, 7) is 8.67. The smallest absolute Gasteiger partial charge is 0.226 e. The number of piperidine rings is 1. The van der Waals surface area contributed by atoms with Gasteiger partial charge >= 0.3 is 0 Å². The summed E-state index contributed by atoms with van der Waals surface area (Å²) in [6.07, 6.45) is 6.58. The van der Waals surface area contributed by atoms with E-state index in [9.17, 15) is 9.59 Å². The van der Waals surface area contributed by atoms with Crippen molar-refractivity contribution in [2.45, 2.75) is 33.1 Å². The number of carbonyl (C=O) groups is 2. The summed E-state index contributed by atoms with van der Waals surface area (Å²) in [5.41, 5.74) is 0. The van der Waals surface area contributed by atoms with Gasteiger partial charge < -0.3 is 14.5 Å². The Bertz CT molecular complexity index is 499. The molecule has 0 N–H and O–H groups in total. The molecular weight excluding hydrogens is 304 g/mol. The first-order chi connectivity index (χ1) is 11.6. The Morgan fingerprint density at radius 2 is 1.46 bits per heavy atom. The van der Waals surface area contributed by atoms with Crippen LogP contribution in [0.2, 0.25) is 0 Å². The van der Waals surface area contributed by atoms with Crippen molar-refractivity contribution in [3.63, 3.8) is 0 Å². The number of nitrogens with zero attached hydrogens (tertiary/aromatic N) is 2. The van der Waals surface area contributed by atoms with Gasteiger partial charge in [0.25, 0.3) is 0 Å². The van der Waals surface area contributed by atoms with E-state index in [2.05, 4.69) is 26.0 Å². The van der Waals surface area contributed by atoms with Gasteiger partial charge in [-0.2, -0.15) is 0 Å². The van der Waals surface area contributed by atoms with Crippen LogP contribution < -0.4 is 0 Å². The molecule has 0 aromatic rings. The molecule has 3 aliphatic rings. The van der Waals surface area contributed by atoms with Gasteiger partial charge in [-0.15, -0.1) is 0 Å². The van der Waals surface area contributed by atoms with Gasteiger partial charge in [0.2, 0.25) is 11.8 Å². The second kappa shape index (κ2) is 7.68. The fourth-order valence-electron chi connectivity index (χ4n) is 4.08. The molecule has 4 unspecified atom stereocenters. The number of ether oxygens (including phenoxy) is 1. The van der Waals surface area contributed by atoms with Crippen LogP contribution in [0.3, 0.4) is 0 Å². The molecule has 2 saturated heterocycles. The molecule has 0 radical (unpaired) electrons. The Kier molecular flexibility index (Phi) is 5.59. The van der Waals surface area contributed by atoms with Crippen LogP contribution in [0.4, 0.5) is 0 Å². The van der Waals surface area contributed by atoms with Gasteiger partial charge in [0.05, 0.1) is 25.0 Å². The molecule has 134 valence electrons. The first-order valence-corrected chi connectivity index (χ1v) is 9.38. The summed E-state index contributed by atoms with van der Waals surface area (Å²) in [5.74, 6) is 1.15. The zero-order valence-corrected chi connectivity index (χ0v) is 14.9. The molecule has 24 heavy (non-hydrogen) atoms. The largest absolute Gasteiger partial charge is 0.378 e. The lowest BCUT2D eigenvalue weighted by Crippen LogP contribution is -2.51. The van der Waals surface area contributed by atoms with Crippen LogP contribution in [0.15, 0.2) is 12.2 Å². The maximum absolute atomic E-state index is 13.1. The molecular formula is C19H30N2O3. The summed E-state index contributed by atoms with van der Waals surface area (Å²) in [5, 5.41) is 0. The van der Waals surface area contributed by atoms with Gasteiger partial charge in [-0.3, -0.25) is 9.59 Å². The SMILES string of the molecule is CC1CCN(C(=O)C2CC=CCC2C(=O)N2CCOCC2)CC1C. The number of allylic oxidation sites excluding steroid dienone is 2. The number of amides is 2. The van der Waals surface area contributed by atoms with Crippen LogP contribution in [0.5, 0.6) is 0 Å². The average Bonchev–Trinajstić information content (AvgIpc) is 2.63. The van der Waals surface area contributed by atoms with Crippen molar-refractivity contribution in [1.29, 1.82) is 0 Å². The summed E-state index contributed by atoms with van der Waals surface area (Å²) in [6, 6.07) is 0. The first-order valence-electron chi connectivity index (χ1n) is 9.38. The highest BCUT2D eigenvalue weighted by molar-refractivity contribution is 5.88. The molecule has 2 aliphatic heterocycles. The van der Waals surface area contributed by atoms with E-state index >= 15 is 0 Å². The van der Waals surface area contributed by atoms with Crippen LogP contribution in [0, 0.1) is 23.7 Å². The van der Waals surface area contributed by atoms with E-state index in [1.807, 2.05) is 9.80 Å². The lowest BCUT2D eigenvalue weighted by atomic mass is 9.80. The van der Waals surface area contributed by atoms with Gasteiger partial charge in [0.1, 0.15) is 0 Å². The maximum Gasteiger partial charge on any atom is 0.226 e. The number of carbonyl (C=O) groups excluding carboxylic acids is 2. The second-order valence-corrected chi connectivity index (χ2v) is 7.62.